The number of benzene rings is 1. The number of alkyl halides is 3. The molecule has 0 radical (unpaired) electrons. The molecule has 0 aromatic heterocycles. The van der Waals surface area contributed by atoms with E-state index in [1.807, 2.05) is 0 Å². The Bertz CT molecular complexity index is 434. The van der Waals surface area contributed by atoms with Crippen LogP contribution in [0.15, 0.2) is 24.3 Å². The van der Waals surface area contributed by atoms with Crippen molar-refractivity contribution in [2.24, 2.45) is 17.6 Å². The number of ether oxygens (including phenoxy) is 2. The molecule has 118 valence electrons. The van der Waals surface area contributed by atoms with Crippen LogP contribution in [0.5, 0.6) is 5.75 Å². The lowest BCUT2D eigenvalue weighted by molar-refractivity contribution is -0.274. The Kier molecular flexibility index (Phi) is 5.47. The summed E-state index contributed by atoms with van der Waals surface area (Å²) in [6, 6.07) is 5.75. The summed E-state index contributed by atoms with van der Waals surface area (Å²) in [7, 11) is 0. The largest absolute Gasteiger partial charge is 0.573 e. The van der Waals surface area contributed by atoms with Crippen LogP contribution < -0.4 is 10.5 Å². The third-order valence-electron chi connectivity index (χ3n) is 3.88. The molecule has 0 bridgehead atoms. The van der Waals surface area contributed by atoms with Crippen molar-refractivity contribution in [3.63, 3.8) is 0 Å². The topological polar surface area (TPSA) is 44.5 Å². The van der Waals surface area contributed by atoms with Gasteiger partial charge in [-0.2, -0.15) is 0 Å². The normalized spacial score (nSPS) is 22.5. The highest BCUT2D eigenvalue weighted by atomic mass is 19.4. The maximum absolute atomic E-state index is 12.0. The van der Waals surface area contributed by atoms with Crippen molar-refractivity contribution >= 4 is 0 Å². The highest BCUT2D eigenvalue weighted by molar-refractivity contribution is 5.27. The Morgan fingerprint density at radius 3 is 2.38 bits per heavy atom. The summed E-state index contributed by atoms with van der Waals surface area (Å²) in [5, 5.41) is 0. The van der Waals surface area contributed by atoms with Gasteiger partial charge in [0, 0.05) is 0 Å². The van der Waals surface area contributed by atoms with Crippen LogP contribution in [0.4, 0.5) is 13.2 Å². The first kappa shape index (κ1) is 16.1. The second-order valence-electron chi connectivity index (χ2n) is 5.39. The monoisotopic (exact) mass is 303 g/mol. The quantitative estimate of drug-likeness (QED) is 0.875. The van der Waals surface area contributed by atoms with E-state index in [1.165, 1.54) is 18.6 Å². The lowest BCUT2D eigenvalue weighted by atomic mass is 9.97. The summed E-state index contributed by atoms with van der Waals surface area (Å²) in [5.41, 5.74) is 6.54. The summed E-state index contributed by atoms with van der Waals surface area (Å²) in [4.78, 5) is 0. The molecule has 0 heterocycles. The number of halogens is 3. The van der Waals surface area contributed by atoms with Crippen molar-refractivity contribution in [1.82, 2.24) is 0 Å². The van der Waals surface area contributed by atoms with Crippen molar-refractivity contribution in [2.45, 2.75) is 32.2 Å². The smallest absolute Gasteiger partial charge is 0.406 e. The molecule has 0 amide bonds. The van der Waals surface area contributed by atoms with E-state index in [1.54, 1.807) is 12.1 Å². The Morgan fingerprint density at radius 1 is 1.10 bits per heavy atom. The minimum absolute atomic E-state index is 0.217. The second-order valence-corrected chi connectivity index (χ2v) is 5.39. The zero-order valence-corrected chi connectivity index (χ0v) is 11.7. The van der Waals surface area contributed by atoms with Crippen LogP contribution in [-0.2, 0) is 11.3 Å². The van der Waals surface area contributed by atoms with Gasteiger partial charge in [0.2, 0.25) is 0 Å². The highest BCUT2D eigenvalue weighted by Gasteiger charge is 2.31. The number of rotatable bonds is 6. The number of hydrogen-bond acceptors (Lipinski definition) is 3. The van der Waals surface area contributed by atoms with E-state index in [4.69, 9.17) is 10.5 Å². The van der Waals surface area contributed by atoms with Gasteiger partial charge >= 0.3 is 6.36 Å². The number of nitrogens with two attached hydrogens (primary N) is 1. The van der Waals surface area contributed by atoms with E-state index < -0.39 is 6.36 Å². The standard InChI is InChI=1S/C15H20F3NO2/c16-15(17,18)21-14-6-4-11(5-7-14)9-20-10-13-3-1-2-12(13)8-19/h4-7,12-13H,1-3,8-10,19H2. The van der Waals surface area contributed by atoms with E-state index in [-0.39, 0.29) is 5.75 Å². The molecule has 21 heavy (non-hydrogen) atoms. The van der Waals surface area contributed by atoms with Crippen LogP contribution >= 0.6 is 0 Å². The summed E-state index contributed by atoms with van der Waals surface area (Å²) >= 11 is 0. The van der Waals surface area contributed by atoms with Crippen LogP contribution in [0, 0.1) is 11.8 Å². The van der Waals surface area contributed by atoms with Gasteiger partial charge in [-0.15, -0.1) is 13.2 Å². The average molecular weight is 303 g/mol. The van der Waals surface area contributed by atoms with Crippen molar-refractivity contribution in [3.05, 3.63) is 29.8 Å². The van der Waals surface area contributed by atoms with Crippen molar-refractivity contribution < 1.29 is 22.6 Å². The third-order valence-corrected chi connectivity index (χ3v) is 3.88. The highest BCUT2D eigenvalue weighted by Crippen LogP contribution is 2.31. The summed E-state index contributed by atoms with van der Waals surface area (Å²) in [5.74, 6) is 0.820. The van der Waals surface area contributed by atoms with Gasteiger partial charge in [0.25, 0.3) is 0 Å². The van der Waals surface area contributed by atoms with Crippen LogP contribution in [0.25, 0.3) is 0 Å². The minimum atomic E-state index is -4.66. The molecule has 1 saturated carbocycles. The van der Waals surface area contributed by atoms with Gasteiger partial charge in [-0.3, -0.25) is 0 Å². The van der Waals surface area contributed by atoms with Gasteiger partial charge in [-0.25, -0.2) is 0 Å². The molecular weight excluding hydrogens is 283 g/mol. The average Bonchev–Trinajstić information content (AvgIpc) is 2.86. The zero-order chi connectivity index (χ0) is 15.3. The third kappa shape index (κ3) is 5.21. The molecule has 0 spiro atoms. The predicted molar refractivity (Wildman–Crippen MR) is 72.7 cm³/mol. The lowest BCUT2D eigenvalue weighted by Gasteiger charge is -2.17. The van der Waals surface area contributed by atoms with Crippen molar-refractivity contribution in [2.75, 3.05) is 13.2 Å². The molecule has 1 aromatic rings. The van der Waals surface area contributed by atoms with E-state index >= 15 is 0 Å². The molecule has 1 fully saturated rings. The SMILES string of the molecule is NCC1CCCC1COCc1ccc(OC(F)(F)F)cc1. The van der Waals surface area contributed by atoms with E-state index in [0.29, 0.717) is 31.6 Å². The number of hydrogen-bond donors (Lipinski definition) is 1. The van der Waals surface area contributed by atoms with Crippen molar-refractivity contribution in [1.29, 1.82) is 0 Å². The van der Waals surface area contributed by atoms with Crippen LogP contribution in [0.3, 0.4) is 0 Å². The Balaban J connectivity index is 1.76. The molecule has 1 aliphatic rings. The summed E-state index contributed by atoms with van der Waals surface area (Å²) < 4.78 is 45.6. The second kappa shape index (κ2) is 7.13. The summed E-state index contributed by atoms with van der Waals surface area (Å²) in [6.07, 6.45) is -1.16. The molecule has 1 aliphatic carbocycles. The molecule has 2 atom stereocenters. The van der Waals surface area contributed by atoms with Gasteiger partial charge in [-0.1, -0.05) is 18.6 Å². The molecule has 0 saturated heterocycles. The van der Waals surface area contributed by atoms with Gasteiger partial charge in [-0.05, 0) is 48.9 Å². The molecule has 1 aromatic carbocycles. The van der Waals surface area contributed by atoms with Gasteiger partial charge in [0.05, 0.1) is 13.2 Å². The van der Waals surface area contributed by atoms with E-state index in [2.05, 4.69) is 4.74 Å². The molecule has 2 rings (SSSR count). The molecule has 6 heteroatoms. The van der Waals surface area contributed by atoms with Crippen LogP contribution in [-0.4, -0.2) is 19.5 Å². The van der Waals surface area contributed by atoms with Crippen LogP contribution in [0.2, 0.25) is 0 Å². The Morgan fingerprint density at radius 2 is 1.76 bits per heavy atom. The fourth-order valence-corrected chi connectivity index (χ4v) is 2.76. The summed E-state index contributed by atoms with van der Waals surface area (Å²) in [6.45, 7) is 1.74. The van der Waals surface area contributed by atoms with Crippen LogP contribution in [0.1, 0.15) is 24.8 Å². The fourth-order valence-electron chi connectivity index (χ4n) is 2.76. The Hall–Kier alpha value is -1.27. The van der Waals surface area contributed by atoms with Crippen molar-refractivity contribution in [3.8, 4) is 5.75 Å². The molecule has 3 nitrogen and oxygen atoms in total. The van der Waals surface area contributed by atoms with Gasteiger partial charge in [0.15, 0.2) is 0 Å². The lowest BCUT2D eigenvalue weighted by Crippen LogP contribution is -2.22. The maximum atomic E-state index is 12.0. The first-order valence-electron chi connectivity index (χ1n) is 7.10. The zero-order valence-electron chi connectivity index (χ0n) is 11.7. The Labute approximate surface area is 122 Å². The molecule has 2 N–H and O–H groups in total. The molecule has 0 aliphatic heterocycles. The fraction of sp³-hybridized carbons (Fsp3) is 0.600. The predicted octanol–water partition coefficient (Wildman–Crippen LogP) is 3.48. The van der Waals surface area contributed by atoms with Gasteiger partial charge < -0.3 is 15.2 Å². The van der Waals surface area contributed by atoms with E-state index in [0.717, 1.165) is 18.4 Å². The molecule has 2 unspecified atom stereocenters. The van der Waals surface area contributed by atoms with E-state index in [9.17, 15) is 13.2 Å². The molecular formula is C15H20F3NO2. The van der Waals surface area contributed by atoms with Gasteiger partial charge in [0.1, 0.15) is 5.75 Å². The minimum Gasteiger partial charge on any atom is -0.406 e. The maximum Gasteiger partial charge on any atom is 0.573 e. The first-order chi connectivity index (χ1) is 9.98. The first-order valence-corrected chi connectivity index (χ1v) is 7.10.